The Morgan fingerprint density at radius 1 is 1.17 bits per heavy atom. The molecule has 0 spiro atoms. The number of anilines is 1. The molecule has 162 valence electrons. The molecular formula is C22H32N6OS. The summed E-state index contributed by atoms with van der Waals surface area (Å²) in [6.07, 6.45) is 8.49. The summed E-state index contributed by atoms with van der Waals surface area (Å²) >= 11 is 1.85. The molecule has 0 aliphatic carbocycles. The van der Waals surface area contributed by atoms with Crippen LogP contribution in [0.1, 0.15) is 37.4 Å². The van der Waals surface area contributed by atoms with E-state index < -0.39 is 0 Å². The molecule has 0 radical (unpaired) electrons. The highest BCUT2D eigenvalue weighted by molar-refractivity contribution is 7.99. The van der Waals surface area contributed by atoms with E-state index in [0.717, 1.165) is 48.7 Å². The number of pyridine rings is 1. The third-order valence-electron chi connectivity index (χ3n) is 6.91. The van der Waals surface area contributed by atoms with Gasteiger partial charge in [-0.25, -0.2) is 0 Å². The molecular weight excluding hydrogens is 396 g/mol. The molecule has 7 nitrogen and oxygen atoms in total. The molecule has 2 aromatic heterocycles. The van der Waals surface area contributed by atoms with E-state index in [4.69, 9.17) is 4.74 Å². The van der Waals surface area contributed by atoms with Gasteiger partial charge in [0.25, 0.3) is 0 Å². The number of ether oxygens (including phenoxy) is 1. The van der Waals surface area contributed by atoms with E-state index in [2.05, 4.69) is 42.7 Å². The van der Waals surface area contributed by atoms with Crippen LogP contribution in [0.15, 0.2) is 29.7 Å². The number of thioether (sulfide) groups is 1. The van der Waals surface area contributed by atoms with Gasteiger partial charge >= 0.3 is 0 Å². The fourth-order valence-electron chi connectivity index (χ4n) is 5.29. The van der Waals surface area contributed by atoms with E-state index in [1.807, 2.05) is 30.2 Å². The fraction of sp³-hybridized carbons (Fsp3) is 0.682. The lowest BCUT2D eigenvalue weighted by Crippen LogP contribution is -2.35. The van der Waals surface area contributed by atoms with Crippen molar-refractivity contribution in [2.75, 3.05) is 50.0 Å². The molecule has 0 aromatic carbocycles. The molecule has 2 atom stereocenters. The zero-order chi connectivity index (χ0) is 20.3. The van der Waals surface area contributed by atoms with Crippen molar-refractivity contribution in [1.82, 2.24) is 24.6 Å². The van der Waals surface area contributed by atoms with E-state index in [1.165, 1.54) is 44.7 Å². The molecule has 5 rings (SSSR count). The number of hydrogen-bond acceptors (Lipinski definition) is 7. The Balaban J connectivity index is 1.08. The molecule has 3 fully saturated rings. The smallest absolute Gasteiger partial charge is 0.190 e. The largest absolute Gasteiger partial charge is 0.381 e. The number of rotatable bonds is 7. The SMILES string of the molecule is Cn1c(SCCCN2CC3CCN(c4cccnc4)C3C2)nnc1C1CCOCC1. The molecule has 8 heteroatoms. The predicted molar refractivity (Wildman–Crippen MR) is 119 cm³/mol. The highest BCUT2D eigenvalue weighted by Gasteiger charge is 2.41. The highest BCUT2D eigenvalue weighted by Crippen LogP contribution is 2.35. The third kappa shape index (κ3) is 4.22. The fourth-order valence-corrected chi connectivity index (χ4v) is 6.13. The van der Waals surface area contributed by atoms with Gasteiger partial charge in [0.15, 0.2) is 5.16 Å². The first kappa shape index (κ1) is 20.3. The monoisotopic (exact) mass is 428 g/mol. The van der Waals surface area contributed by atoms with Gasteiger partial charge in [0.1, 0.15) is 5.82 Å². The van der Waals surface area contributed by atoms with Gasteiger partial charge in [0.05, 0.1) is 11.9 Å². The summed E-state index contributed by atoms with van der Waals surface area (Å²) in [6, 6.07) is 4.90. The summed E-state index contributed by atoms with van der Waals surface area (Å²) in [4.78, 5) is 9.54. The predicted octanol–water partition coefficient (Wildman–Crippen LogP) is 2.80. The Bertz CT molecular complexity index is 824. The van der Waals surface area contributed by atoms with Crippen LogP contribution >= 0.6 is 11.8 Å². The number of nitrogens with zero attached hydrogens (tertiary/aromatic N) is 6. The summed E-state index contributed by atoms with van der Waals surface area (Å²) < 4.78 is 7.68. The van der Waals surface area contributed by atoms with Crippen molar-refractivity contribution >= 4 is 17.4 Å². The Hall–Kier alpha value is -1.64. The molecule has 3 aliphatic heterocycles. The quantitative estimate of drug-likeness (QED) is 0.496. The van der Waals surface area contributed by atoms with Crippen LogP contribution in [0.4, 0.5) is 5.69 Å². The van der Waals surface area contributed by atoms with Crippen molar-refractivity contribution in [2.45, 2.75) is 42.8 Å². The van der Waals surface area contributed by atoms with Crippen LogP contribution in [-0.4, -0.2) is 75.8 Å². The van der Waals surface area contributed by atoms with Gasteiger partial charge in [-0.2, -0.15) is 0 Å². The van der Waals surface area contributed by atoms with Crippen molar-refractivity contribution in [3.63, 3.8) is 0 Å². The molecule has 5 heterocycles. The molecule has 30 heavy (non-hydrogen) atoms. The maximum Gasteiger partial charge on any atom is 0.190 e. The molecule has 2 aromatic rings. The van der Waals surface area contributed by atoms with E-state index >= 15 is 0 Å². The second-order valence-corrected chi connectivity index (χ2v) is 9.83. The average Bonchev–Trinajstić information content (AvgIpc) is 3.47. The van der Waals surface area contributed by atoms with Crippen LogP contribution in [0.25, 0.3) is 0 Å². The van der Waals surface area contributed by atoms with E-state index in [0.29, 0.717) is 12.0 Å². The van der Waals surface area contributed by atoms with Crippen LogP contribution in [0, 0.1) is 5.92 Å². The number of hydrogen-bond donors (Lipinski definition) is 0. The minimum Gasteiger partial charge on any atom is -0.381 e. The van der Waals surface area contributed by atoms with Crippen molar-refractivity contribution in [2.24, 2.45) is 13.0 Å². The van der Waals surface area contributed by atoms with Crippen molar-refractivity contribution in [1.29, 1.82) is 0 Å². The molecule has 3 aliphatic rings. The Kier molecular flexibility index (Phi) is 6.24. The summed E-state index contributed by atoms with van der Waals surface area (Å²) in [5.74, 6) is 3.53. The second kappa shape index (κ2) is 9.24. The molecule has 0 amide bonds. The lowest BCUT2D eigenvalue weighted by Gasteiger charge is -2.26. The first-order valence-electron chi connectivity index (χ1n) is 11.3. The first-order chi connectivity index (χ1) is 14.8. The number of fused-ring (bicyclic) bond motifs is 1. The minimum atomic E-state index is 0.498. The Morgan fingerprint density at radius 2 is 2.07 bits per heavy atom. The van der Waals surface area contributed by atoms with Gasteiger partial charge < -0.3 is 19.1 Å². The van der Waals surface area contributed by atoms with Gasteiger partial charge in [-0.05, 0) is 50.3 Å². The molecule has 0 saturated carbocycles. The topological polar surface area (TPSA) is 59.3 Å². The normalized spacial score (nSPS) is 25.2. The van der Waals surface area contributed by atoms with E-state index in [1.54, 1.807) is 0 Å². The maximum atomic E-state index is 5.48. The van der Waals surface area contributed by atoms with Crippen LogP contribution in [0.2, 0.25) is 0 Å². The van der Waals surface area contributed by atoms with Crippen LogP contribution < -0.4 is 4.90 Å². The van der Waals surface area contributed by atoms with Gasteiger partial charge in [-0.1, -0.05) is 11.8 Å². The summed E-state index contributed by atoms with van der Waals surface area (Å²) in [6.45, 7) is 6.45. The van der Waals surface area contributed by atoms with E-state index in [-0.39, 0.29) is 0 Å². The van der Waals surface area contributed by atoms with Gasteiger partial charge in [0, 0.05) is 63.8 Å². The zero-order valence-electron chi connectivity index (χ0n) is 17.8. The standard InChI is InChI=1S/C22H32N6OS/c1-26-21(17-6-11-29-12-7-17)24-25-22(26)30-13-3-9-27-15-18-5-10-28(20(18)16-27)19-4-2-8-23-14-19/h2,4,8,14,17-18,20H,3,5-7,9-13,15-16H2,1H3. The minimum absolute atomic E-state index is 0.498. The van der Waals surface area contributed by atoms with Crippen LogP contribution in [0.3, 0.4) is 0 Å². The molecule has 0 bridgehead atoms. The summed E-state index contributed by atoms with van der Waals surface area (Å²) in [7, 11) is 2.11. The number of likely N-dealkylation sites (tertiary alicyclic amines) is 1. The lowest BCUT2D eigenvalue weighted by atomic mass is 10.00. The van der Waals surface area contributed by atoms with Crippen molar-refractivity contribution in [3.05, 3.63) is 30.4 Å². The maximum absolute atomic E-state index is 5.48. The van der Waals surface area contributed by atoms with Gasteiger partial charge in [-0.3, -0.25) is 4.98 Å². The van der Waals surface area contributed by atoms with Crippen LogP contribution in [0.5, 0.6) is 0 Å². The van der Waals surface area contributed by atoms with Gasteiger partial charge in [-0.15, -0.1) is 10.2 Å². The summed E-state index contributed by atoms with van der Waals surface area (Å²) in [5.41, 5.74) is 1.28. The number of aromatic nitrogens is 4. The van der Waals surface area contributed by atoms with E-state index in [9.17, 15) is 0 Å². The second-order valence-electron chi connectivity index (χ2n) is 8.77. The Morgan fingerprint density at radius 3 is 2.90 bits per heavy atom. The third-order valence-corrected chi connectivity index (χ3v) is 8.01. The lowest BCUT2D eigenvalue weighted by molar-refractivity contribution is 0.0828. The molecule has 0 N–H and O–H groups in total. The Labute approximate surface area is 183 Å². The van der Waals surface area contributed by atoms with Crippen LogP contribution in [-0.2, 0) is 11.8 Å². The van der Waals surface area contributed by atoms with Crippen molar-refractivity contribution < 1.29 is 4.74 Å². The first-order valence-corrected chi connectivity index (χ1v) is 12.3. The zero-order valence-corrected chi connectivity index (χ0v) is 18.6. The van der Waals surface area contributed by atoms with Crippen molar-refractivity contribution in [3.8, 4) is 0 Å². The average molecular weight is 429 g/mol. The van der Waals surface area contributed by atoms with Gasteiger partial charge in [0.2, 0.25) is 0 Å². The highest BCUT2D eigenvalue weighted by atomic mass is 32.2. The molecule has 2 unspecified atom stereocenters. The summed E-state index contributed by atoms with van der Waals surface area (Å²) in [5, 5.41) is 10.00. The molecule has 3 saturated heterocycles.